The Morgan fingerprint density at radius 2 is 1.77 bits per heavy atom. The fourth-order valence-corrected chi connectivity index (χ4v) is 2.15. The molecule has 0 saturated carbocycles. The van der Waals surface area contributed by atoms with E-state index in [1.54, 1.807) is 31.4 Å². The monoisotopic (exact) mass is 365 g/mol. The summed E-state index contributed by atoms with van der Waals surface area (Å²) in [6, 6.07) is 6.85. The Bertz CT molecular complexity index is 589. The minimum Gasteiger partial charge on any atom is -0.497 e. The fraction of sp³-hybridized carbons (Fsp3) is 0.500. The second-order valence-corrected chi connectivity index (χ2v) is 5.61. The third kappa shape index (κ3) is 7.98. The standard InChI is InChI=1S/C18H27N3O5/c1-4-5-18(24)21(10-11-25-2)13-17(23)19-12-16(22)20-14-6-8-15(26-3)9-7-14/h6-9H,4-5,10-13H2,1-3H3,(H,19,23)(H,20,22). The predicted octanol–water partition coefficient (Wildman–Crippen LogP) is 1.03. The lowest BCUT2D eigenvalue weighted by atomic mass is 10.3. The molecular formula is C18H27N3O5. The molecule has 144 valence electrons. The molecule has 1 aromatic carbocycles. The quantitative estimate of drug-likeness (QED) is 0.610. The molecule has 26 heavy (non-hydrogen) atoms. The summed E-state index contributed by atoms with van der Waals surface area (Å²) in [6.07, 6.45) is 1.07. The average molecular weight is 365 g/mol. The van der Waals surface area contributed by atoms with Crippen molar-refractivity contribution in [2.45, 2.75) is 19.8 Å². The molecule has 1 aromatic rings. The zero-order valence-corrected chi connectivity index (χ0v) is 15.5. The van der Waals surface area contributed by atoms with Crippen LogP contribution in [0, 0.1) is 0 Å². The van der Waals surface area contributed by atoms with E-state index in [9.17, 15) is 14.4 Å². The highest BCUT2D eigenvalue weighted by molar-refractivity contribution is 5.95. The van der Waals surface area contributed by atoms with Crippen molar-refractivity contribution < 1.29 is 23.9 Å². The third-order valence-electron chi connectivity index (χ3n) is 3.54. The van der Waals surface area contributed by atoms with Crippen LogP contribution >= 0.6 is 0 Å². The molecule has 0 aliphatic heterocycles. The number of ether oxygens (including phenoxy) is 2. The van der Waals surface area contributed by atoms with E-state index in [1.807, 2.05) is 6.92 Å². The number of carbonyl (C=O) groups is 3. The smallest absolute Gasteiger partial charge is 0.243 e. The first kappa shape index (κ1) is 21.4. The normalized spacial score (nSPS) is 10.1. The molecule has 0 bridgehead atoms. The molecule has 1 rings (SSSR count). The van der Waals surface area contributed by atoms with Crippen molar-refractivity contribution in [1.82, 2.24) is 10.2 Å². The van der Waals surface area contributed by atoms with E-state index in [0.717, 1.165) is 0 Å². The molecule has 0 heterocycles. The molecule has 8 heteroatoms. The summed E-state index contributed by atoms with van der Waals surface area (Å²) in [7, 11) is 3.09. The van der Waals surface area contributed by atoms with Crippen molar-refractivity contribution in [1.29, 1.82) is 0 Å². The van der Waals surface area contributed by atoms with Gasteiger partial charge in [-0.1, -0.05) is 6.92 Å². The lowest BCUT2D eigenvalue weighted by Gasteiger charge is -2.21. The van der Waals surface area contributed by atoms with Crippen LogP contribution in [0.3, 0.4) is 0 Å². The number of carbonyl (C=O) groups excluding carboxylic acids is 3. The van der Waals surface area contributed by atoms with Crippen LogP contribution in [0.4, 0.5) is 5.69 Å². The summed E-state index contributed by atoms with van der Waals surface area (Å²) in [5.41, 5.74) is 0.602. The highest BCUT2D eigenvalue weighted by atomic mass is 16.5. The summed E-state index contributed by atoms with van der Waals surface area (Å²) in [6.45, 7) is 2.31. The highest BCUT2D eigenvalue weighted by Crippen LogP contribution is 2.14. The van der Waals surface area contributed by atoms with Crippen molar-refractivity contribution in [3.05, 3.63) is 24.3 Å². The number of nitrogens with one attached hydrogen (secondary N) is 2. The van der Waals surface area contributed by atoms with Gasteiger partial charge in [0.25, 0.3) is 0 Å². The van der Waals surface area contributed by atoms with E-state index in [0.29, 0.717) is 37.4 Å². The van der Waals surface area contributed by atoms with E-state index in [4.69, 9.17) is 9.47 Å². The number of rotatable bonds is 11. The van der Waals surface area contributed by atoms with Crippen LogP contribution in [0.2, 0.25) is 0 Å². The molecule has 0 aliphatic carbocycles. The summed E-state index contributed by atoms with van der Waals surface area (Å²) in [5.74, 6) is -0.172. The van der Waals surface area contributed by atoms with Crippen LogP contribution in [0.1, 0.15) is 19.8 Å². The first-order chi connectivity index (χ1) is 12.5. The Labute approximate surface area is 153 Å². The van der Waals surface area contributed by atoms with Gasteiger partial charge in [0.05, 0.1) is 26.8 Å². The zero-order valence-electron chi connectivity index (χ0n) is 15.5. The summed E-state index contributed by atoms with van der Waals surface area (Å²) in [4.78, 5) is 37.4. The molecule has 0 saturated heterocycles. The lowest BCUT2D eigenvalue weighted by Crippen LogP contribution is -2.44. The van der Waals surface area contributed by atoms with Crippen LogP contribution in [0.5, 0.6) is 5.75 Å². The maximum Gasteiger partial charge on any atom is 0.243 e. The van der Waals surface area contributed by atoms with Gasteiger partial charge < -0.3 is 25.0 Å². The average Bonchev–Trinajstić information content (AvgIpc) is 2.64. The van der Waals surface area contributed by atoms with Gasteiger partial charge in [0, 0.05) is 25.8 Å². The summed E-state index contributed by atoms with van der Waals surface area (Å²) < 4.78 is 10.0. The molecule has 8 nitrogen and oxygen atoms in total. The summed E-state index contributed by atoms with van der Waals surface area (Å²) >= 11 is 0. The van der Waals surface area contributed by atoms with Gasteiger partial charge in [0.15, 0.2) is 0 Å². The molecule has 3 amide bonds. The number of benzene rings is 1. The second kappa shape index (κ2) is 11.9. The number of methoxy groups -OCH3 is 2. The largest absolute Gasteiger partial charge is 0.497 e. The zero-order chi connectivity index (χ0) is 19.4. The lowest BCUT2D eigenvalue weighted by molar-refractivity contribution is -0.136. The van der Waals surface area contributed by atoms with Crippen molar-refractivity contribution in [2.75, 3.05) is 45.8 Å². The van der Waals surface area contributed by atoms with Gasteiger partial charge >= 0.3 is 0 Å². The third-order valence-corrected chi connectivity index (χ3v) is 3.54. The van der Waals surface area contributed by atoms with E-state index in [2.05, 4.69) is 10.6 Å². The van der Waals surface area contributed by atoms with Gasteiger partial charge in [-0.15, -0.1) is 0 Å². The molecule has 2 N–H and O–H groups in total. The Morgan fingerprint density at radius 3 is 2.35 bits per heavy atom. The molecule has 0 radical (unpaired) electrons. The maximum absolute atomic E-state index is 12.0. The second-order valence-electron chi connectivity index (χ2n) is 5.61. The maximum atomic E-state index is 12.0. The van der Waals surface area contributed by atoms with Crippen LogP contribution in [0.25, 0.3) is 0 Å². The van der Waals surface area contributed by atoms with Crippen LogP contribution in [0.15, 0.2) is 24.3 Å². The van der Waals surface area contributed by atoms with E-state index in [1.165, 1.54) is 12.0 Å². The number of hydrogen-bond acceptors (Lipinski definition) is 5. The number of hydrogen-bond donors (Lipinski definition) is 2. The molecular weight excluding hydrogens is 338 g/mol. The summed E-state index contributed by atoms with van der Waals surface area (Å²) in [5, 5.41) is 5.19. The molecule has 0 fully saturated rings. The van der Waals surface area contributed by atoms with Crippen molar-refractivity contribution in [3.63, 3.8) is 0 Å². The van der Waals surface area contributed by atoms with E-state index < -0.39 is 5.91 Å². The topological polar surface area (TPSA) is 97.0 Å². The van der Waals surface area contributed by atoms with Crippen molar-refractivity contribution in [3.8, 4) is 5.75 Å². The predicted molar refractivity (Wildman–Crippen MR) is 98.0 cm³/mol. The van der Waals surface area contributed by atoms with Gasteiger partial charge in [0.1, 0.15) is 5.75 Å². The Balaban J connectivity index is 2.44. The Kier molecular flexibility index (Phi) is 9.78. The molecule has 0 atom stereocenters. The van der Waals surface area contributed by atoms with Gasteiger partial charge in [-0.3, -0.25) is 14.4 Å². The molecule has 0 aliphatic rings. The fourth-order valence-electron chi connectivity index (χ4n) is 2.15. The van der Waals surface area contributed by atoms with Gasteiger partial charge in [0.2, 0.25) is 17.7 Å². The Hall–Kier alpha value is -2.61. The number of nitrogens with zero attached hydrogens (tertiary/aromatic N) is 1. The first-order valence-electron chi connectivity index (χ1n) is 8.47. The van der Waals surface area contributed by atoms with Crippen LogP contribution in [-0.4, -0.2) is 63.1 Å². The number of anilines is 1. The van der Waals surface area contributed by atoms with E-state index >= 15 is 0 Å². The van der Waals surface area contributed by atoms with Crippen molar-refractivity contribution in [2.24, 2.45) is 0 Å². The minimum absolute atomic E-state index is 0.0992. The first-order valence-corrected chi connectivity index (χ1v) is 8.47. The van der Waals surface area contributed by atoms with Gasteiger partial charge in [-0.2, -0.15) is 0 Å². The molecule has 0 spiro atoms. The van der Waals surface area contributed by atoms with Crippen LogP contribution in [-0.2, 0) is 19.1 Å². The van der Waals surface area contributed by atoms with Gasteiger partial charge in [-0.25, -0.2) is 0 Å². The Morgan fingerprint density at radius 1 is 1.08 bits per heavy atom. The molecule has 0 unspecified atom stereocenters. The SMILES string of the molecule is CCCC(=O)N(CCOC)CC(=O)NCC(=O)Nc1ccc(OC)cc1. The minimum atomic E-state index is -0.393. The highest BCUT2D eigenvalue weighted by Gasteiger charge is 2.16. The van der Waals surface area contributed by atoms with Gasteiger partial charge in [-0.05, 0) is 30.7 Å². The van der Waals surface area contributed by atoms with Crippen LogP contribution < -0.4 is 15.4 Å². The molecule has 0 aromatic heterocycles. The number of amides is 3. The van der Waals surface area contributed by atoms with E-state index in [-0.39, 0.29) is 24.9 Å². The van der Waals surface area contributed by atoms with Crippen molar-refractivity contribution >= 4 is 23.4 Å².